The third-order valence-electron chi connectivity index (χ3n) is 3.21. The third kappa shape index (κ3) is 3.02. The number of nitrogens with one attached hydrogen (secondary N) is 1. The van der Waals surface area contributed by atoms with E-state index in [0.717, 1.165) is 12.0 Å². The quantitative estimate of drug-likeness (QED) is 0.899. The second kappa shape index (κ2) is 6.57. The zero-order valence-electron chi connectivity index (χ0n) is 11.7. The van der Waals surface area contributed by atoms with Crippen LogP contribution in [0, 0.1) is 18.6 Å². The highest BCUT2D eigenvalue weighted by Gasteiger charge is 2.23. The SMILES string of the molecule is CCCNC(c1ncccc1C)c1c(F)cccc1F. The Bertz CT molecular complexity index is 564. The number of pyridine rings is 1. The summed E-state index contributed by atoms with van der Waals surface area (Å²) in [6.45, 7) is 4.56. The second-order valence-electron chi connectivity index (χ2n) is 4.73. The van der Waals surface area contributed by atoms with Crippen molar-refractivity contribution in [2.45, 2.75) is 26.3 Å². The van der Waals surface area contributed by atoms with Crippen molar-refractivity contribution in [1.82, 2.24) is 10.3 Å². The van der Waals surface area contributed by atoms with Crippen LogP contribution < -0.4 is 5.32 Å². The van der Waals surface area contributed by atoms with Crippen LogP contribution in [0.2, 0.25) is 0 Å². The Balaban J connectivity index is 2.50. The highest BCUT2D eigenvalue weighted by Crippen LogP contribution is 2.27. The molecule has 1 aromatic heterocycles. The molecule has 0 amide bonds. The Morgan fingerprint density at radius 3 is 2.45 bits per heavy atom. The molecular formula is C16H18F2N2. The number of benzene rings is 1. The Morgan fingerprint density at radius 2 is 1.85 bits per heavy atom. The fraction of sp³-hybridized carbons (Fsp3) is 0.312. The lowest BCUT2D eigenvalue weighted by Gasteiger charge is -2.21. The Kier molecular flexibility index (Phi) is 4.79. The zero-order valence-corrected chi connectivity index (χ0v) is 11.7. The molecule has 1 heterocycles. The van der Waals surface area contributed by atoms with E-state index in [4.69, 9.17) is 0 Å². The Morgan fingerprint density at radius 1 is 1.15 bits per heavy atom. The molecule has 2 aromatic rings. The van der Waals surface area contributed by atoms with Crippen LogP contribution in [0.3, 0.4) is 0 Å². The molecule has 1 aromatic carbocycles. The van der Waals surface area contributed by atoms with Gasteiger partial charge in [-0.2, -0.15) is 0 Å². The van der Waals surface area contributed by atoms with Crippen molar-refractivity contribution in [2.24, 2.45) is 0 Å². The molecule has 1 unspecified atom stereocenters. The van der Waals surface area contributed by atoms with Gasteiger partial charge in [-0.25, -0.2) is 8.78 Å². The van der Waals surface area contributed by atoms with Crippen molar-refractivity contribution in [1.29, 1.82) is 0 Å². The van der Waals surface area contributed by atoms with Crippen molar-refractivity contribution in [3.8, 4) is 0 Å². The summed E-state index contributed by atoms with van der Waals surface area (Å²) in [5.41, 5.74) is 1.59. The summed E-state index contributed by atoms with van der Waals surface area (Å²) in [5.74, 6) is -1.10. The number of aromatic nitrogens is 1. The molecule has 4 heteroatoms. The molecular weight excluding hydrogens is 258 g/mol. The van der Waals surface area contributed by atoms with Crippen LogP contribution in [0.4, 0.5) is 8.78 Å². The van der Waals surface area contributed by atoms with Crippen molar-refractivity contribution in [3.63, 3.8) is 0 Å². The van der Waals surface area contributed by atoms with Gasteiger partial charge in [0.05, 0.1) is 11.7 Å². The number of hydrogen-bond acceptors (Lipinski definition) is 2. The van der Waals surface area contributed by atoms with Crippen molar-refractivity contribution < 1.29 is 8.78 Å². The highest BCUT2D eigenvalue weighted by atomic mass is 19.1. The third-order valence-corrected chi connectivity index (χ3v) is 3.21. The van der Waals surface area contributed by atoms with Gasteiger partial charge >= 0.3 is 0 Å². The summed E-state index contributed by atoms with van der Waals surface area (Å²) in [6, 6.07) is 7.05. The fourth-order valence-corrected chi connectivity index (χ4v) is 2.21. The van der Waals surface area contributed by atoms with Gasteiger partial charge in [-0.05, 0) is 43.7 Å². The maximum Gasteiger partial charge on any atom is 0.131 e. The van der Waals surface area contributed by atoms with E-state index in [1.54, 1.807) is 6.20 Å². The van der Waals surface area contributed by atoms with Crippen molar-refractivity contribution in [2.75, 3.05) is 6.54 Å². The lowest BCUT2D eigenvalue weighted by Crippen LogP contribution is -2.26. The molecule has 0 saturated carbocycles. The van der Waals surface area contributed by atoms with Gasteiger partial charge in [-0.3, -0.25) is 4.98 Å². The summed E-state index contributed by atoms with van der Waals surface area (Å²) in [7, 11) is 0. The molecule has 106 valence electrons. The summed E-state index contributed by atoms with van der Waals surface area (Å²) in [5, 5.41) is 3.18. The standard InChI is InChI=1S/C16H18F2N2/c1-3-9-19-16(15-11(2)6-5-10-20-15)14-12(17)7-4-8-13(14)18/h4-8,10,16,19H,3,9H2,1-2H3. The number of hydrogen-bond donors (Lipinski definition) is 1. The van der Waals surface area contributed by atoms with Gasteiger partial charge < -0.3 is 5.32 Å². The van der Waals surface area contributed by atoms with Crippen LogP contribution in [0.25, 0.3) is 0 Å². The lowest BCUT2D eigenvalue weighted by atomic mass is 9.98. The monoisotopic (exact) mass is 276 g/mol. The number of rotatable bonds is 5. The van der Waals surface area contributed by atoms with Gasteiger partial charge in [0.25, 0.3) is 0 Å². The van der Waals surface area contributed by atoms with E-state index < -0.39 is 17.7 Å². The first-order valence-electron chi connectivity index (χ1n) is 6.74. The van der Waals surface area contributed by atoms with Gasteiger partial charge in [0.1, 0.15) is 11.6 Å². The van der Waals surface area contributed by atoms with Crippen LogP contribution in [-0.4, -0.2) is 11.5 Å². The molecule has 0 saturated heterocycles. The zero-order chi connectivity index (χ0) is 14.5. The lowest BCUT2D eigenvalue weighted by molar-refractivity contribution is 0.496. The maximum atomic E-state index is 14.0. The predicted molar refractivity (Wildman–Crippen MR) is 75.5 cm³/mol. The predicted octanol–water partition coefficient (Wildman–Crippen LogP) is 3.76. The van der Waals surface area contributed by atoms with E-state index in [9.17, 15) is 8.78 Å². The smallest absolute Gasteiger partial charge is 0.131 e. The van der Waals surface area contributed by atoms with Crippen molar-refractivity contribution >= 4 is 0 Å². The fourth-order valence-electron chi connectivity index (χ4n) is 2.21. The summed E-state index contributed by atoms with van der Waals surface area (Å²) in [4.78, 5) is 4.29. The molecule has 0 bridgehead atoms. The van der Waals surface area contributed by atoms with Crippen LogP contribution in [-0.2, 0) is 0 Å². The molecule has 1 N–H and O–H groups in total. The minimum Gasteiger partial charge on any atom is -0.305 e. The van der Waals surface area contributed by atoms with E-state index in [-0.39, 0.29) is 5.56 Å². The molecule has 2 rings (SSSR count). The average molecular weight is 276 g/mol. The first kappa shape index (κ1) is 14.6. The van der Waals surface area contributed by atoms with E-state index >= 15 is 0 Å². The molecule has 2 nitrogen and oxygen atoms in total. The second-order valence-corrected chi connectivity index (χ2v) is 4.73. The topological polar surface area (TPSA) is 24.9 Å². The van der Waals surface area contributed by atoms with E-state index in [1.165, 1.54) is 18.2 Å². The number of nitrogens with zero attached hydrogens (tertiary/aromatic N) is 1. The van der Waals surface area contributed by atoms with Crippen LogP contribution in [0.15, 0.2) is 36.5 Å². The van der Waals surface area contributed by atoms with Crippen LogP contribution >= 0.6 is 0 Å². The van der Waals surface area contributed by atoms with E-state index in [2.05, 4.69) is 10.3 Å². The van der Waals surface area contributed by atoms with Crippen LogP contribution in [0.1, 0.15) is 36.2 Å². The molecule has 1 atom stereocenters. The summed E-state index contributed by atoms with van der Waals surface area (Å²) in [6.07, 6.45) is 2.51. The van der Waals surface area contributed by atoms with Gasteiger partial charge in [-0.15, -0.1) is 0 Å². The molecule has 0 fully saturated rings. The van der Waals surface area contributed by atoms with Gasteiger partial charge in [0.2, 0.25) is 0 Å². The minimum absolute atomic E-state index is 0.0303. The summed E-state index contributed by atoms with van der Waals surface area (Å²) >= 11 is 0. The Hall–Kier alpha value is -1.81. The first-order chi connectivity index (χ1) is 9.65. The molecule has 0 spiro atoms. The molecule has 0 radical (unpaired) electrons. The molecule has 0 aliphatic carbocycles. The molecule has 0 aliphatic heterocycles. The summed E-state index contributed by atoms with van der Waals surface area (Å²) < 4.78 is 28.1. The van der Waals surface area contributed by atoms with E-state index in [1.807, 2.05) is 26.0 Å². The van der Waals surface area contributed by atoms with Gasteiger partial charge in [0.15, 0.2) is 0 Å². The van der Waals surface area contributed by atoms with Crippen LogP contribution in [0.5, 0.6) is 0 Å². The average Bonchev–Trinajstić information content (AvgIpc) is 2.43. The molecule has 20 heavy (non-hydrogen) atoms. The van der Waals surface area contributed by atoms with E-state index in [0.29, 0.717) is 12.2 Å². The Labute approximate surface area is 117 Å². The maximum absolute atomic E-state index is 14.0. The first-order valence-corrected chi connectivity index (χ1v) is 6.74. The largest absolute Gasteiger partial charge is 0.305 e. The van der Waals surface area contributed by atoms with Crippen molar-refractivity contribution in [3.05, 3.63) is 65.0 Å². The number of halogens is 2. The minimum atomic E-state index is -0.572. The van der Waals surface area contributed by atoms with Gasteiger partial charge in [-0.1, -0.05) is 19.1 Å². The highest BCUT2D eigenvalue weighted by molar-refractivity contribution is 5.34. The molecule has 0 aliphatic rings. The van der Waals surface area contributed by atoms with Gasteiger partial charge in [0, 0.05) is 11.8 Å². The normalized spacial score (nSPS) is 12.4. The number of aryl methyl sites for hydroxylation is 1.